The predicted octanol–water partition coefficient (Wildman–Crippen LogP) is -5.98. The number of hydrogen-bond acceptors (Lipinski definition) is 4. The monoisotopic (exact) mass is 275 g/mol. The molecule has 0 saturated carbocycles. The molecule has 23 heavy (non-hydrogen) atoms. The number of aromatic nitrogens is 2. The molecule has 0 aliphatic heterocycles. The van der Waals surface area contributed by atoms with E-state index >= 15 is 0 Å². The van der Waals surface area contributed by atoms with Crippen LogP contribution in [-0.2, 0) is 0 Å². The maximum Gasteiger partial charge on any atom is 0.190 e. The van der Waals surface area contributed by atoms with E-state index in [-0.39, 0.29) is 0 Å². The largest absolute Gasteiger partial charge is 0.369 e. The molecule has 0 aliphatic rings. The molecule has 0 unspecified atom stereocenters. The van der Waals surface area contributed by atoms with Crippen LogP contribution in [0, 0.1) is 0 Å². The number of nitrogens with one attached hydrogen (secondary N) is 1. The number of nitrogens with zero attached hydrogens (tertiary/aromatic N) is 2. The predicted molar refractivity (Wildman–Crippen MR) is 116 cm³/mol. The van der Waals surface area contributed by atoms with Gasteiger partial charge in [-0.3, -0.25) is 0 Å². The molecule has 1 rings (SSSR count). The van der Waals surface area contributed by atoms with E-state index in [1.165, 1.54) is 6.20 Å². The average Bonchev–Trinajstić information content (AvgIpc) is 2.96. The molecule has 0 aliphatic carbocycles. The zero-order valence-electron chi connectivity index (χ0n) is 13.1. The third kappa shape index (κ3) is 8.07. The van der Waals surface area contributed by atoms with Crippen LogP contribution in [0.5, 0.6) is 0 Å². The van der Waals surface area contributed by atoms with Crippen LogP contribution in [0.25, 0.3) is 0 Å². The van der Waals surface area contributed by atoms with Crippen molar-refractivity contribution in [3.8, 4) is 0 Å². The van der Waals surface area contributed by atoms with Crippen molar-refractivity contribution < 1.29 is 4.63 Å². The molecular formula is C3H5B16N3O. The highest BCUT2D eigenvalue weighted by Crippen LogP contribution is 2.00. The number of anilines is 1. The summed E-state index contributed by atoms with van der Waals surface area (Å²) < 4.78 is 4.24. The smallest absolute Gasteiger partial charge is 0.190 e. The van der Waals surface area contributed by atoms with Crippen LogP contribution in [0.2, 0.25) is 0 Å². The van der Waals surface area contributed by atoms with Gasteiger partial charge >= 0.3 is 0 Å². The van der Waals surface area contributed by atoms with Gasteiger partial charge in [-0.2, -0.15) is 0 Å². The molecule has 86 valence electrons. The van der Waals surface area contributed by atoms with Crippen molar-refractivity contribution >= 4 is 120 Å². The van der Waals surface area contributed by atoms with E-state index in [1.54, 1.807) is 7.05 Å². The van der Waals surface area contributed by atoms with Crippen molar-refractivity contribution in [3.63, 3.8) is 0 Å². The zero-order chi connectivity index (χ0) is 18.2. The van der Waals surface area contributed by atoms with Crippen molar-refractivity contribution in [2.24, 2.45) is 0 Å². The summed E-state index contributed by atoms with van der Waals surface area (Å²) in [7, 11) is 52.1. The summed E-state index contributed by atoms with van der Waals surface area (Å²) in [6.07, 6.45) is -3.52. The standard InChI is InChI=1S/C3H5N3O.B16/c1-4-3-2-5-7-6-3;1-10(2)14(9)16(13(7)8)15(11(3)4)12(5)6/h2H,1H3,(H,4,6);. The summed E-state index contributed by atoms with van der Waals surface area (Å²) in [6.45, 7) is 0. The van der Waals surface area contributed by atoms with Gasteiger partial charge in [0.1, 0.15) is 6.20 Å². The van der Waals surface area contributed by atoms with E-state index in [2.05, 4.69) is 20.3 Å². The molecule has 0 bridgehead atoms. The molecule has 1 heterocycles. The highest BCUT2D eigenvalue weighted by Gasteiger charge is 2.38. The van der Waals surface area contributed by atoms with Gasteiger partial charge in [-0.25, -0.2) is 4.63 Å². The summed E-state index contributed by atoms with van der Waals surface area (Å²) >= 11 is 0. The van der Waals surface area contributed by atoms with Gasteiger partial charge < -0.3 is 5.32 Å². The van der Waals surface area contributed by atoms with Gasteiger partial charge in [0, 0.05) is 121 Å². The third-order valence-electron chi connectivity index (χ3n) is 3.28. The Morgan fingerprint density at radius 3 is 1.52 bits per heavy atom. The first kappa shape index (κ1) is 23.0. The minimum Gasteiger partial charge on any atom is -0.369 e. The van der Waals surface area contributed by atoms with Crippen molar-refractivity contribution in [2.45, 2.75) is 0 Å². The Bertz CT molecular complexity index is 389. The Hall–Kier alpha value is -0.0210. The molecule has 0 spiro atoms. The summed E-state index contributed by atoms with van der Waals surface area (Å²) in [5, 5.41) is 9.52. The van der Waals surface area contributed by atoms with Crippen LogP contribution in [0.1, 0.15) is 0 Å². The molecule has 0 atom stereocenters. The molecule has 1 N–H and O–H groups in total. The molecule has 0 fully saturated rings. The lowest BCUT2D eigenvalue weighted by Gasteiger charge is -2.37. The maximum atomic E-state index is 5.81. The number of rotatable bonds is 7. The summed E-state index contributed by atoms with van der Waals surface area (Å²) in [5.41, 5.74) is 0. The average molecular weight is 272 g/mol. The number of hydrogen-bond donors (Lipinski definition) is 1. The zero-order valence-corrected chi connectivity index (χ0v) is 13.1. The summed E-state index contributed by atoms with van der Waals surface area (Å²) in [4.78, 5) is 0. The molecular weight excluding hydrogens is 267 g/mol. The first-order valence-corrected chi connectivity index (χ1v) is 6.89. The highest BCUT2D eigenvalue weighted by atomic mass is 16.6. The van der Waals surface area contributed by atoms with Crippen LogP contribution < -0.4 is 5.32 Å². The van der Waals surface area contributed by atoms with E-state index in [0.29, 0.717) is 5.82 Å². The van der Waals surface area contributed by atoms with E-state index in [1.807, 2.05) is 0 Å². The maximum absolute atomic E-state index is 5.81. The SMILES string of the molecule is CNc1cnon1.[B]B([B])B([B])B(B([B])[B])B(B([B])[B])B([B])[B]. The van der Waals surface area contributed by atoms with Gasteiger partial charge in [0.05, 0.1) is 0 Å². The molecule has 20 heteroatoms. The second-order valence-corrected chi connectivity index (χ2v) is 5.08. The quantitative estimate of drug-likeness (QED) is 0.502. The summed E-state index contributed by atoms with van der Waals surface area (Å²) in [5.74, 6) is 0.653. The molecule has 0 saturated heterocycles. The van der Waals surface area contributed by atoms with Crippen molar-refractivity contribution in [1.82, 2.24) is 10.3 Å². The lowest BCUT2D eigenvalue weighted by molar-refractivity contribution is 0.308. The topological polar surface area (TPSA) is 51.0 Å². The van der Waals surface area contributed by atoms with Crippen LogP contribution in [0.4, 0.5) is 5.82 Å². The van der Waals surface area contributed by atoms with Gasteiger partial charge in [0.25, 0.3) is 0 Å². The molecule has 0 amide bonds. The lowest BCUT2D eigenvalue weighted by Crippen LogP contribution is -2.75. The minimum absolute atomic E-state index is 0.556. The van der Waals surface area contributed by atoms with E-state index < -0.39 is 44.7 Å². The summed E-state index contributed by atoms with van der Waals surface area (Å²) in [6, 6.07) is 0. The Morgan fingerprint density at radius 1 is 0.826 bits per heavy atom. The normalized spacial score (nSPS) is 8.91. The van der Waals surface area contributed by atoms with Crippen LogP contribution in [-0.4, -0.2) is 132 Å². The van der Waals surface area contributed by atoms with Crippen LogP contribution in [0.3, 0.4) is 0 Å². The van der Waals surface area contributed by atoms with Gasteiger partial charge in [-0.05, 0) is 5.16 Å². The fourth-order valence-electron chi connectivity index (χ4n) is 2.07. The third-order valence-corrected chi connectivity index (χ3v) is 3.28. The Morgan fingerprint density at radius 2 is 1.30 bits per heavy atom. The molecule has 18 radical (unpaired) electrons. The molecule has 4 nitrogen and oxygen atoms in total. The first-order chi connectivity index (χ1) is 10.6. The molecule has 1 aromatic rings. The second-order valence-electron chi connectivity index (χ2n) is 5.08. The Kier molecular flexibility index (Phi) is 11.5. The van der Waals surface area contributed by atoms with E-state index in [9.17, 15) is 0 Å². The molecule has 0 aromatic carbocycles. The van der Waals surface area contributed by atoms with Gasteiger partial charge in [0.2, 0.25) is 0 Å². The van der Waals surface area contributed by atoms with Crippen LogP contribution >= 0.6 is 0 Å². The van der Waals surface area contributed by atoms with Crippen molar-refractivity contribution in [1.29, 1.82) is 0 Å². The van der Waals surface area contributed by atoms with Crippen molar-refractivity contribution in [2.75, 3.05) is 12.4 Å². The minimum atomic E-state index is -0.807. The second kappa shape index (κ2) is 11.5. The lowest BCUT2D eigenvalue weighted by atomic mass is 8.44. The van der Waals surface area contributed by atoms with Crippen molar-refractivity contribution in [3.05, 3.63) is 6.20 Å². The Balaban J connectivity index is 0.000000568. The van der Waals surface area contributed by atoms with Crippen LogP contribution in [0.15, 0.2) is 10.8 Å². The molecule has 1 aromatic heterocycles. The first-order valence-electron chi connectivity index (χ1n) is 6.89. The fourth-order valence-corrected chi connectivity index (χ4v) is 2.07. The van der Waals surface area contributed by atoms with E-state index in [4.69, 9.17) is 69.6 Å². The fraction of sp³-hybridized carbons (Fsp3) is 0.333. The Labute approximate surface area is 153 Å². The van der Waals surface area contributed by atoms with Gasteiger partial charge in [-0.1, -0.05) is 5.16 Å². The van der Waals surface area contributed by atoms with E-state index in [0.717, 1.165) is 0 Å². The van der Waals surface area contributed by atoms with Gasteiger partial charge in [-0.15, -0.1) is 0 Å². The highest BCUT2D eigenvalue weighted by molar-refractivity contribution is 8.13. The van der Waals surface area contributed by atoms with Gasteiger partial charge in [0.15, 0.2) is 5.82 Å².